The van der Waals surface area contributed by atoms with Crippen LogP contribution in [0.2, 0.25) is 0 Å². The first-order valence-electron chi connectivity index (χ1n) is 14.3. The molecule has 0 amide bonds. The molecule has 1 N–H and O–H groups in total. The molecular weight excluding hydrogens is 418 g/mol. The molecule has 4 saturated carbocycles. The number of hydrogen-bond acceptors (Lipinski definition) is 3. The number of aliphatic hydroxyl groups is 1. The summed E-state index contributed by atoms with van der Waals surface area (Å²) in [6.07, 6.45) is 15.3. The van der Waals surface area contributed by atoms with E-state index in [-0.39, 0.29) is 17.6 Å². The van der Waals surface area contributed by atoms with Crippen LogP contribution in [0.4, 0.5) is 0 Å². The summed E-state index contributed by atoms with van der Waals surface area (Å²) in [5, 5.41) is 11.8. The predicted octanol–water partition coefficient (Wildman–Crippen LogP) is 6.06. The van der Waals surface area contributed by atoms with Crippen LogP contribution in [0.5, 0.6) is 0 Å². The van der Waals surface area contributed by atoms with Crippen molar-refractivity contribution in [3.05, 3.63) is 30.6 Å². The van der Waals surface area contributed by atoms with Crippen molar-refractivity contribution in [2.45, 2.75) is 96.2 Å². The lowest BCUT2D eigenvalue weighted by atomic mass is 9.45. The minimum Gasteiger partial charge on any atom is -0.390 e. The van der Waals surface area contributed by atoms with E-state index in [0.717, 1.165) is 35.7 Å². The molecule has 1 saturated heterocycles. The van der Waals surface area contributed by atoms with Gasteiger partial charge in [-0.15, -0.1) is 0 Å². The van der Waals surface area contributed by atoms with Gasteiger partial charge in [0.2, 0.25) is 0 Å². The summed E-state index contributed by atoms with van der Waals surface area (Å²) in [6.45, 7) is 7.81. The lowest BCUT2D eigenvalue weighted by Crippen LogP contribution is -2.55. The number of fused-ring (bicyclic) bond motifs is 6. The molecule has 0 radical (unpaired) electrons. The second-order valence-electron chi connectivity index (χ2n) is 13.3. The van der Waals surface area contributed by atoms with Crippen LogP contribution in [-0.4, -0.2) is 44.8 Å². The Bertz CT molecular complexity index is 1060. The van der Waals surface area contributed by atoms with Crippen molar-refractivity contribution < 1.29 is 5.11 Å². The molecule has 0 bridgehead atoms. The number of likely N-dealkylation sites (tertiary alicyclic amines) is 1. The highest BCUT2D eigenvalue weighted by Gasteiger charge is 2.62. The van der Waals surface area contributed by atoms with Gasteiger partial charge in [0.05, 0.1) is 29.5 Å². The summed E-state index contributed by atoms with van der Waals surface area (Å²) >= 11 is 0. The van der Waals surface area contributed by atoms with Crippen LogP contribution in [0, 0.1) is 34.5 Å². The topological polar surface area (TPSA) is 41.3 Å². The largest absolute Gasteiger partial charge is 0.390 e. The first kappa shape index (κ1) is 21.9. The highest BCUT2D eigenvalue weighted by Crippen LogP contribution is 2.67. The van der Waals surface area contributed by atoms with E-state index >= 15 is 0 Å². The van der Waals surface area contributed by atoms with E-state index in [2.05, 4.69) is 52.6 Å². The highest BCUT2D eigenvalue weighted by molar-refractivity contribution is 5.75. The minimum atomic E-state index is -0.271. The molecule has 1 aromatic heterocycles. The molecule has 7 rings (SSSR count). The van der Waals surface area contributed by atoms with Crippen LogP contribution >= 0.6 is 0 Å². The molecule has 34 heavy (non-hydrogen) atoms. The van der Waals surface area contributed by atoms with Gasteiger partial charge in [-0.1, -0.05) is 26.0 Å². The number of imidazole rings is 1. The summed E-state index contributed by atoms with van der Waals surface area (Å²) in [5.74, 6) is 3.20. The fourth-order valence-corrected chi connectivity index (χ4v) is 10.2. The third kappa shape index (κ3) is 3.00. The van der Waals surface area contributed by atoms with Gasteiger partial charge in [0, 0.05) is 6.04 Å². The maximum absolute atomic E-state index is 11.8. The molecule has 184 valence electrons. The van der Waals surface area contributed by atoms with Gasteiger partial charge in [0.1, 0.15) is 0 Å². The van der Waals surface area contributed by atoms with E-state index < -0.39 is 0 Å². The van der Waals surface area contributed by atoms with Crippen LogP contribution in [0.1, 0.15) is 84.1 Å². The number of aromatic nitrogens is 2. The summed E-state index contributed by atoms with van der Waals surface area (Å²) in [5.41, 5.74) is 2.80. The van der Waals surface area contributed by atoms with Crippen molar-refractivity contribution in [3.8, 4) is 0 Å². The molecule has 9 atom stereocenters. The Hall–Kier alpha value is -1.39. The first-order chi connectivity index (χ1) is 16.5. The molecular formula is C30H43N3O. The number of hydrogen-bond donors (Lipinski definition) is 1. The van der Waals surface area contributed by atoms with Crippen molar-refractivity contribution in [2.75, 3.05) is 13.1 Å². The summed E-state index contributed by atoms with van der Waals surface area (Å²) in [7, 11) is 0. The third-order valence-electron chi connectivity index (χ3n) is 12.1. The van der Waals surface area contributed by atoms with Crippen molar-refractivity contribution >= 4 is 11.0 Å². The Morgan fingerprint density at radius 2 is 1.71 bits per heavy atom. The van der Waals surface area contributed by atoms with E-state index in [4.69, 9.17) is 0 Å². The predicted molar refractivity (Wildman–Crippen MR) is 136 cm³/mol. The van der Waals surface area contributed by atoms with Gasteiger partial charge in [0.15, 0.2) is 0 Å². The normalized spacial score (nSPS) is 46.9. The van der Waals surface area contributed by atoms with Crippen molar-refractivity contribution in [1.29, 1.82) is 0 Å². The van der Waals surface area contributed by atoms with E-state index in [1.54, 1.807) is 0 Å². The van der Waals surface area contributed by atoms with E-state index in [0.29, 0.717) is 11.3 Å². The minimum absolute atomic E-state index is 0.0488. The summed E-state index contributed by atoms with van der Waals surface area (Å²) in [4.78, 5) is 7.50. The number of rotatable bonds is 2. The van der Waals surface area contributed by atoms with Crippen LogP contribution in [0.25, 0.3) is 11.0 Å². The second kappa shape index (κ2) is 7.80. The summed E-state index contributed by atoms with van der Waals surface area (Å²) in [6, 6.07) is 9.46. The van der Waals surface area contributed by atoms with Gasteiger partial charge in [-0.3, -0.25) is 0 Å². The number of para-hydroxylation sites is 2. The van der Waals surface area contributed by atoms with Gasteiger partial charge in [-0.05, 0) is 124 Å². The Kier molecular flexibility index (Phi) is 5.02. The smallest absolute Gasteiger partial charge is 0.0961 e. The molecule has 1 aliphatic heterocycles. The van der Waals surface area contributed by atoms with Gasteiger partial charge in [0.25, 0.3) is 0 Å². The zero-order valence-electron chi connectivity index (χ0n) is 21.2. The highest BCUT2D eigenvalue weighted by atomic mass is 16.3. The van der Waals surface area contributed by atoms with Gasteiger partial charge < -0.3 is 14.6 Å². The molecule has 4 nitrogen and oxygen atoms in total. The number of aliphatic hydroxyl groups excluding tert-OH is 1. The Labute approximate surface area is 205 Å². The summed E-state index contributed by atoms with van der Waals surface area (Å²) < 4.78 is 2.31. The Morgan fingerprint density at radius 1 is 0.912 bits per heavy atom. The monoisotopic (exact) mass is 461 g/mol. The Balaban J connectivity index is 1.15. The molecule has 4 heteroatoms. The zero-order chi connectivity index (χ0) is 23.1. The van der Waals surface area contributed by atoms with Crippen LogP contribution < -0.4 is 0 Å². The molecule has 0 spiro atoms. The molecule has 5 aliphatic rings. The molecule has 5 fully saturated rings. The maximum atomic E-state index is 11.8. The average Bonchev–Trinajstić information content (AvgIpc) is 3.58. The number of nitrogens with zero attached hydrogens (tertiary/aromatic N) is 3. The van der Waals surface area contributed by atoms with E-state index in [1.165, 1.54) is 76.4 Å². The fourth-order valence-electron chi connectivity index (χ4n) is 10.2. The van der Waals surface area contributed by atoms with Gasteiger partial charge in [-0.25, -0.2) is 4.98 Å². The van der Waals surface area contributed by atoms with Crippen LogP contribution in [0.3, 0.4) is 0 Å². The van der Waals surface area contributed by atoms with Crippen molar-refractivity contribution in [1.82, 2.24) is 14.5 Å². The van der Waals surface area contributed by atoms with Crippen LogP contribution in [-0.2, 0) is 0 Å². The van der Waals surface area contributed by atoms with Gasteiger partial charge >= 0.3 is 0 Å². The fraction of sp³-hybridized carbons (Fsp3) is 0.767. The molecule has 2 heterocycles. The van der Waals surface area contributed by atoms with Crippen molar-refractivity contribution in [2.24, 2.45) is 34.5 Å². The Morgan fingerprint density at radius 3 is 2.56 bits per heavy atom. The molecule has 1 aromatic carbocycles. The maximum Gasteiger partial charge on any atom is 0.0961 e. The van der Waals surface area contributed by atoms with E-state index in [9.17, 15) is 5.11 Å². The lowest BCUT2D eigenvalue weighted by Gasteiger charge is -2.61. The lowest BCUT2D eigenvalue weighted by molar-refractivity contribution is -0.129. The van der Waals surface area contributed by atoms with Gasteiger partial charge in [-0.2, -0.15) is 0 Å². The standard InChI is InChI=1S/C30H43N3O/c1-29-13-11-21(32-15-5-6-16-32)17-20(29)9-10-22-23(29)12-14-30(2)24(22)18-27(28(30)34)33-19-31-25-7-3-4-8-26(25)33/h3-4,7-8,19-24,27-28,34H,5-6,9-18H2,1-2H3/t20-,21-,22+,23-,24-,27-,28-,29-,30-/m0/s1. The molecule has 0 unspecified atom stereocenters. The quantitative estimate of drug-likeness (QED) is 0.591. The van der Waals surface area contributed by atoms with E-state index in [1.807, 2.05) is 6.33 Å². The number of benzene rings is 1. The van der Waals surface area contributed by atoms with Crippen LogP contribution in [0.15, 0.2) is 30.6 Å². The zero-order valence-corrected chi connectivity index (χ0v) is 21.2. The SMILES string of the molecule is C[C@]12CC[C@H](N3CCCC3)C[C@@H]1CC[C@@H]1[C@@H]2CC[C@]2(C)[C@@H](O)[C@@H](n3cnc4ccccc43)C[C@@H]12. The molecule has 4 aliphatic carbocycles. The third-order valence-corrected chi connectivity index (χ3v) is 12.1. The second-order valence-corrected chi connectivity index (χ2v) is 13.3. The molecule has 2 aromatic rings. The van der Waals surface area contributed by atoms with Crippen molar-refractivity contribution in [3.63, 3.8) is 0 Å². The average molecular weight is 462 g/mol. The first-order valence-corrected chi connectivity index (χ1v) is 14.3.